The first-order valence-electron chi connectivity index (χ1n) is 7.72. The van der Waals surface area contributed by atoms with Crippen molar-refractivity contribution in [3.8, 4) is 0 Å². The summed E-state index contributed by atoms with van der Waals surface area (Å²) >= 11 is 0. The Morgan fingerprint density at radius 1 is 1.36 bits per heavy atom. The average molecular weight is 298 g/mol. The summed E-state index contributed by atoms with van der Waals surface area (Å²) in [5, 5.41) is 3.07. The highest BCUT2D eigenvalue weighted by atomic mass is 16.1. The van der Waals surface area contributed by atoms with Gasteiger partial charge in [-0.25, -0.2) is 4.98 Å². The zero-order valence-corrected chi connectivity index (χ0v) is 13.3. The predicted octanol–water partition coefficient (Wildman–Crippen LogP) is 2.32. The minimum absolute atomic E-state index is 0.0526. The molecule has 3 rings (SSSR count). The Morgan fingerprint density at radius 2 is 2.18 bits per heavy atom. The highest BCUT2D eigenvalue weighted by Crippen LogP contribution is 2.24. The topological polar surface area (TPSA) is 59.8 Å². The summed E-state index contributed by atoms with van der Waals surface area (Å²) in [6.45, 7) is 7.28. The van der Waals surface area contributed by atoms with Gasteiger partial charge in [-0.1, -0.05) is 26.8 Å². The second-order valence-corrected chi connectivity index (χ2v) is 6.87. The van der Waals surface area contributed by atoms with Crippen LogP contribution < -0.4 is 5.32 Å². The van der Waals surface area contributed by atoms with Crippen molar-refractivity contribution in [2.24, 2.45) is 0 Å². The molecule has 1 amide bonds. The van der Waals surface area contributed by atoms with Gasteiger partial charge < -0.3 is 9.88 Å². The number of aromatic nitrogens is 3. The number of nitrogens with one attached hydrogen (secondary N) is 1. The lowest BCUT2D eigenvalue weighted by molar-refractivity contribution is 0.0922. The van der Waals surface area contributed by atoms with E-state index in [1.165, 1.54) is 0 Å². The molecular formula is C17H22N4O. The molecule has 1 aliphatic heterocycles. The van der Waals surface area contributed by atoms with Crippen molar-refractivity contribution >= 4 is 5.91 Å². The van der Waals surface area contributed by atoms with E-state index in [0.29, 0.717) is 5.69 Å². The number of rotatable bonds is 2. The van der Waals surface area contributed by atoms with Crippen LogP contribution in [-0.2, 0) is 18.4 Å². The van der Waals surface area contributed by atoms with Crippen LogP contribution in [0.3, 0.4) is 0 Å². The molecule has 5 heteroatoms. The van der Waals surface area contributed by atoms with Crippen molar-refractivity contribution < 1.29 is 4.79 Å². The zero-order chi connectivity index (χ0) is 15.7. The van der Waals surface area contributed by atoms with Crippen molar-refractivity contribution in [3.05, 3.63) is 47.8 Å². The minimum atomic E-state index is -0.106. The van der Waals surface area contributed by atoms with Crippen LogP contribution in [0.15, 0.2) is 30.6 Å². The second-order valence-electron chi connectivity index (χ2n) is 6.87. The van der Waals surface area contributed by atoms with Crippen LogP contribution in [0.4, 0.5) is 0 Å². The summed E-state index contributed by atoms with van der Waals surface area (Å²) in [4.78, 5) is 21.0. The van der Waals surface area contributed by atoms with E-state index in [1.54, 1.807) is 12.3 Å². The Labute approximate surface area is 130 Å². The quantitative estimate of drug-likeness (QED) is 0.925. The van der Waals surface area contributed by atoms with Gasteiger partial charge in [0.2, 0.25) is 0 Å². The molecule has 1 atom stereocenters. The number of pyridine rings is 1. The Balaban J connectivity index is 1.69. The molecule has 0 unspecified atom stereocenters. The molecule has 0 fully saturated rings. The second kappa shape index (κ2) is 5.55. The van der Waals surface area contributed by atoms with Crippen LogP contribution in [0.2, 0.25) is 0 Å². The predicted molar refractivity (Wildman–Crippen MR) is 84.7 cm³/mol. The van der Waals surface area contributed by atoms with Crippen molar-refractivity contribution in [3.63, 3.8) is 0 Å². The van der Waals surface area contributed by atoms with Crippen molar-refractivity contribution in [2.75, 3.05) is 0 Å². The molecular weight excluding hydrogens is 276 g/mol. The first-order valence-corrected chi connectivity index (χ1v) is 7.72. The average Bonchev–Trinajstić information content (AvgIpc) is 2.91. The van der Waals surface area contributed by atoms with E-state index in [1.807, 2.05) is 12.1 Å². The first kappa shape index (κ1) is 14.8. The number of hydrogen-bond donors (Lipinski definition) is 1. The number of carbonyl (C=O) groups is 1. The van der Waals surface area contributed by atoms with Gasteiger partial charge in [0.05, 0.1) is 5.69 Å². The lowest BCUT2D eigenvalue weighted by Gasteiger charge is -2.24. The van der Waals surface area contributed by atoms with E-state index in [-0.39, 0.29) is 17.4 Å². The van der Waals surface area contributed by atoms with Crippen LogP contribution >= 0.6 is 0 Å². The van der Waals surface area contributed by atoms with Gasteiger partial charge in [-0.05, 0) is 18.6 Å². The van der Waals surface area contributed by atoms with E-state index in [9.17, 15) is 4.79 Å². The number of carbonyl (C=O) groups excluding carboxylic acids is 1. The van der Waals surface area contributed by atoms with E-state index in [2.05, 4.69) is 41.8 Å². The molecule has 0 bridgehead atoms. The van der Waals surface area contributed by atoms with Gasteiger partial charge in [-0.2, -0.15) is 0 Å². The largest absolute Gasteiger partial charge is 0.346 e. The summed E-state index contributed by atoms with van der Waals surface area (Å²) in [6.07, 6.45) is 5.57. The Hall–Kier alpha value is -2.17. The SMILES string of the molecule is CC(C)(C)c1cn2c(n1)CC[C@H](NC(=O)c1ccccn1)C2. The van der Waals surface area contributed by atoms with Gasteiger partial charge in [0, 0.05) is 36.8 Å². The number of imidazole rings is 1. The Bertz CT molecular complexity index is 670. The van der Waals surface area contributed by atoms with Crippen LogP contribution in [0.25, 0.3) is 0 Å². The maximum Gasteiger partial charge on any atom is 0.270 e. The molecule has 2 aromatic rings. The fourth-order valence-corrected chi connectivity index (χ4v) is 2.68. The lowest BCUT2D eigenvalue weighted by Crippen LogP contribution is -2.41. The normalized spacial score (nSPS) is 17.9. The summed E-state index contributed by atoms with van der Waals surface area (Å²) < 4.78 is 2.17. The van der Waals surface area contributed by atoms with E-state index >= 15 is 0 Å². The van der Waals surface area contributed by atoms with Crippen LogP contribution in [0.5, 0.6) is 0 Å². The number of amides is 1. The molecule has 1 N–H and O–H groups in total. The van der Waals surface area contributed by atoms with E-state index < -0.39 is 0 Å². The standard InChI is InChI=1S/C17H22N4O/c1-17(2,3)14-11-21-10-12(7-8-15(21)20-14)19-16(22)13-6-4-5-9-18-13/h4-6,9,11-12H,7-8,10H2,1-3H3,(H,19,22)/t12-/m0/s1. The van der Waals surface area contributed by atoms with Gasteiger partial charge in [0.25, 0.3) is 5.91 Å². The van der Waals surface area contributed by atoms with Crippen LogP contribution in [0.1, 0.15) is 49.2 Å². The first-order chi connectivity index (χ1) is 10.4. The monoisotopic (exact) mass is 298 g/mol. The highest BCUT2D eigenvalue weighted by Gasteiger charge is 2.25. The third-order valence-electron chi connectivity index (χ3n) is 3.99. The molecule has 22 heavy (non-hydrogen) atoms. The molecule has 3 heterocycles. The summed E-state index contributed by atoms with van der Waals surface area (Å²) in [6, 6.07) is 5.50. The van der Waals surface area contributed by atoms with Gasteiger partial charge in [-0.15, -0.1) is 0 Å². The van der Waals surface area contributed by atoms with Crippen LogP contribution in [-0.4, -0.2) is 26.5 Å². The molecule has 0 aromatic carbocycles. The third kappa shape index (κ3) is 3.03. The zero-order valence-electron chi connectivity index (χ0n) is 13.3. The molecule has 0 saturated heterocycles. The summed E-state index contributed by atoms with van der Waals surface area (Å²) in [5.74, 6) is 1.01. The van der Waals surface area contributed by atoms with Crippen molar-refractivity contribution in [1.29, 1.82) is 0 Å². The fraction of sp³-hybridized carbons (Fsp3) is 0.471. The van der Waals surface area contributed by atoms with E-state index in [4.69, 9.17) is 4.98 Å². The Kier molecular flexibility index (Phi) is 3.72. The van der Waals surface area contributed by atoms with Crippen molar-refractivity contribution in [2.45, 2.75) is 51.6 Å². The smallest absolute Gasteiger partial charge is 0.270 e. The van der Waals surface area contributed by atoms with E-state index in [0.717, 1.165) is 30.9 Å². The maximum absolute atomic E-state index is 12.2. The summed E-state index contributed by atoms with van der Waals surface area (Å²) in [7, 11) is 0. The molecule has 5 nitrogen and oxygen atoms in total. The van der Waals surface area contributed by atoms with Crippen molar-refractivity contribution in [1.82, 2.24) is 19.9 Å². The number of hydrogen-bond acceptors (Lipinski definition) is 3. The molecule has 0 spiro atoms. The minimum Gasteiger partial charge on any atom is -0.346 e. The molecule has 116 valence electrons. The number of aryl methyl sites for hydroxylation is 1. The van der Waals surface area contributed by atoms with Gasteiger partial charge in [0.15, 0.2) is 0 Å². The maximum atomic E-state index is 12.2. The third-order valence-corrected chi connectivity index (χ3v) is 3.99. The molecule has 2 aromatic heterocycles. The summed E-state index contributed by atoms with van der Waals surface area (Å²) in [5.41, 5.74) is 1.63. The van der Waals surface area contributed by atoms with Gasteiger partial charge >= 0.3 is 0 Å². The molecule has 0 radical (unpaired) electrons. The molecule has 0 aliphatic carbocycles. The number of nitrogens with zero attached hydrogens (tertiary/aromatic N) is 3. The number of fused-ring (bicyclic) bond motifs is 1. The lowest BCUT2D eigenvalue weighted by atomic mass is 9.93. The molecule has 1 aliphatic rings. The Morgan fingerprint density at radius 3 is 2.86 bits per heavy atom. The highest BCUT2D eigenvalue weighted by molar-refractivity contribution is 5.92. The van der Waals surface area contributed by atoms with Crippen LogP contribution in [0, 0.1) is 0 Å². The van der Waals surface area contributed by atoms with Gasteiger partial charge in [-0.3, -0.25) is 9.78 Å². The molecule has 0 saturated carbocycles. The fourth-order valence-electron chi connectivity index (χ4n) is 2.68. The van der Waals surface area contributed by atoms with Gasteiger partial charge in [0.1, 0.15) is 11.5 Å².